The van der Waals surface area contributed by atoms with E-state index in [0.717, 1.165) is 59.4 Å². The number of carbonyl (C=O) groups is 2. The number of hydrogen-bond donors (Lipinski definition) is 0. The number of amides is 1. The SMILES string of the molecule is CCOC(=O)c1ccc(OC2CC3CCC(C2)N3C(=O)c2ccc(CSc3nc4ccccc4o3)cc2)cc1. The van der Waals surface area contributed by atoms with Gasteiger partial charge in [-0.1, -0.05) is 36.0 Å². The maximum atomic E-state index is 13.5. The van der Waals surface area contributed by atoms with E-state index in [2.05, 4.69) is 9.88 Å². The molecule has 3 aromatic carbocycles. The number of thioether (sulfide) groups is 1. The Labute approximate surface area is 231 Å². The maximum Gasteiger partial charge on any atom is 0.338 e. The van der Waals surface area contributed by atoms with Crippen LogP contribution in [0.3, 0.4) is 0 Å². The second-order valence-electron chi connectivity index (χ2n) is 9.99. The van der Waals surface area contributed by atoms with Crippen LogP contribution in [0.25, 0.3) is 11.1 Å². The van der Waals surface area contributed by atoms with E-state index in [0.29, 0.717) is 17.4 Å². The Morgan fingerprint density at radius 1 is 0.949 bits per heavy atom. The molecule has 2 aliphatic rings. The molecule has 2 unspecified atom stereocenters. The molecule has 8 heteroatoms. The van der Waals surface area contributed by atoms with Crippen molar-refractivity contribution < 1.29 is 23.5 Å². The molecule has 7 nitrogen and oxygen atoms in total. The molecule has 2 fully saturated rings. The first-order valence-corrected chi connectivity index (χ1v) is 14.4. The number of benzene rings is 3. The first-order valence-electron chi connectivity index (χ1n) is 13.4. The first kappa shape index (κ1) is 25.5. The fraction of sp³-hybridized carbons (Fsp3) is 0.323. The zero-order valence-electron chi connectivity index (χ0n) is 21.7. The third kappa shape index (κ3) is 5.52. The van der Waals surface area contributed by atoms with Crippen molar-refractivity contribution in [2.45, 2.75) is 61.8 Å². The number of carbonyl (C=O) groups excluding carboxylic acids is 2. The average molecular weight is 543 g/mol. The minimum absolute atomic E-state index is 0.0475. The molecule has 2 aliphatic heterocycles. The summed E-state index contributed by atoms with van der Waals surface area (Å²) in [6.07, 6.45) is 3.66. The van der Waals surface area contributed by atoms with Crippen LogP contribution in [0.4, 0.5) is 0 Å². The van der Waals surface area contributed by atoms with Crippen molar-refractivity contribution >= 4 is 34.7 Å². The molecule has 0 saturated carbocycles. The summed E-state index contributed by atoms with van der Waals surface area (Å²) in [6.45, 7) is 2.14. The topological polar surface area (TPSA) is 81.9 Å². The number of esters is 1. The predicted octanol–water partition coefficient (Wildman–Crippen LogP) is 6.51. The van der Waals surface area contributed by atoms with E-state index in [-0.39, 0.29) is 30.1 Å². The van der Waals surface area contributed by atoms with Gasteiger partial charge >= 0.3 is 5.97 Å². The van der Waals surface area contributed by atoms with E-state index in [9.17, 15) is 9.59 Å². The van der Waals surface area contributed by atoms with Crippen molar-refractivity contribution in [1.29, 1.82) is 0 Å². The van der Waals surface area contributed by atoms with Crippen LogP contribution >= 0.6 is 11.8 Å². The summed E-state index contributed by atoms with van der Waals surface area (Å²) in [5, 5.41) is 0.646. The molecule has 1 amide bonds. The molecular formula is C31H30N2O5S. The van der Waals surface area contributed by atoms with Gasteiger partial charge < -0.3 is 18.8 Å². The Hall–Kier alpha value is -3.78. The Bertz CT molecular complexity index is 1420. The molecule has 0 spiro atoms. The Morgan fingerprint density at radius 3 is 2.33 bits per heavy atom. The number of fused-ring (bicyclic) bond motifs is 3. The number of aromatic nitrogens is 1. The summed E-state index contributed by atoms with van der Waals surface area (Å²) < 4.78 is 17.1. The second-order valence-corrected chi connectivity index (χ2v) is 10.9. The molecule has 2 bridgehead atoms. The number of ether oxygens (including phenoxy) is 2. The summed E-state index contributed by atoms with van der Waals surface area (Å²) in [4.78, 5) is 32.0. The van der Waals surface area contributed by atoms with Crippen molar-refractivity contribution in [2.24, 2.45) is 0 Å². The van der Waals surface area contributed by atoms with Gasteiger partial charge in [0, 0.05) is 36.2 Å². The highest BCUT2D eigenvalue weighted by atomic mass is 32.2. The average Bonchev–Trinajstić information content (AvgIpc) is 3.50. The zero-order valence-corrected chi connectivity index (χ0v) is 22.6. The van der Waals surface area contributed by atoms with Crippen molar-refractivity contribution in [2.75, 3.05) is 6.61 Å². The van der Waals surface area contributed by atoms with Crippen LogP contribution in [0.15, 0.2) is 82.4 Å². The monoisotopic (exact) mass is 542 g/mol. The van der Waals surface area contributed by atoms with E-state index in [4.69, 9.17) is 13.9 Å². The third-order valence-electron chi connectivity index (χ3n) is 7.43. The summed E-state index contributed by atoms with van der Waals surface area (Å²) >= 11 is 1.55. The number of rotatable bonds is 8. The summed E-state index contributed by atoms with van der Waals surface area (Å²) in [6, 6.07) is 23.1. The quantitative estimate of drug-likeness (QED) is 0.185. The van der Waals surface area contributed by atoms with Gasteiger partial charge in [0.2, 0.25) is 0 Å². The Balaban J connectivity index is 1.04. The highest BCUT2D eigenvalue weighted by molar-refractivity contribution is 7.98. The highest BCUT2D eigenvalue weighted by Gasteiger charge is 2.44. The van der Waals surface area contributed by atoms with Gasteiger partial charge in [-0.05, 0) is 73.9 Å². The van der Waals surface area contributed by atoms with E-state index in [1.165, 1.54) is 0 Å². The summed E-state index contributed by atoms with van der Waals surface area (Å²) in [5.41, 5.74) is 3.99. The molecule has 0 N–H and O–H groups in total. The molecule has 6 rings (SSSR count). The smallest absolute Gasteiger partial charge is 0.338 e. The largest absolute Gasteiger partial charge is 0.490 e. The normalized spacial score (nSPS) is 20.2. The van der Waals surface area contributed by atoms with Gasteiger partial charge in [-0.25, -0.2) is 9.78 Å². The fourth-order valence-electron chi connectivity index (χ4n) is 5.58. The molecule has 0 aliphatic carbocycles. The van der Waals surface area contributed by atoms with Gasteiger partial charge in [0.25, 0.3) is 11.1 Å². The lowest BCUT2D eigenvalue weighted by Crippen LogP contribution is -2.49. The fourth-order valence-corrected chi connectivity index (χ4v) is 6.38. The summed E-state index contributed by atoms with van der Waals surface area (Å²) in [5.74, 6) is 1.22. The number of oxazole rings is 1. The molecule has 4 aromatic rings. The first-order chi connectivity index (χ1) is 19.1. The predicted molar refractivity (Wildman–Crippen MR) is 149 cm³/mol. The van der Waals surface area contributed by atoms with Gasteiger partial charge in [0.05, 0.1) is 12.2 Å². The lowest BCUT2D eigenvalue weighted by atomic mass is 9.98. The third-order valence-corrected chi connectivity index (χ3v) is 8.33. The van der Waals surface area contributed by atoms with Gasteiger partial charge in [0.1, 0.15) is 17.4 Å². The van der Waals surface area contributed by atoms with Gasteiger partial charge in [-0.2, -0.15) is 0 Å². The molecule has 1 aromatic heterocycles. The van der Waals surface area contributed by atoms with Crippen molar-refractivity contribution in [3.05, 3.63) is 89.5 Å². The van der Waals surface area contributed by atoms with Crippen LogP contribution in [-0.4, -0.2) is 46.6 Å². The minimum atomic E-state index is -0.330. The van der Waals surface area contributed by atoms with Crippen molar-refractivity contribution in [3.63, 3.8) is 0 Å². The Morgan fingerprint density at radius 2 is 1.64 bits per heavy atom. The standard InChI is InChI=1S/C31H30N2O5S/c1-2-36-30(35)22-11-15-25(16-12-22)37-26-17-23-13-14-24(18-26)33(23)29(34)21-9-7-20(8-10-21)19-39-31-32-27-5-3-4-6-28(27)38-31/h3-12,15-16,23-24,26H,2,13-14,17-19H2,1H3. The maximum absolute atomic E-state index is 13.5. The van der Waals surface area contributed by atoms with Crippen LogP contribution in [-0.2, 0) is 10.5 Å². The van der Waals surface area contributed by atoms with Crippen LogP contribution in [0, 0.1) is 0 Å². The van der Waals surface area contributed by atoms with Crippen LogP contribution < -0.4 is 4.74 Å². The zero-order chi connectivity index (χ0) is 26.8. The number of hydrogen-bond acceptors (Lipinski definition) is 7. The number of piperidine rings is 1. The molecular weight excluding hydrogens is 512 g/mol. The highest BCUT2D eigenvalue weighted by Crippen LogP contribution is 2.38. The number of para-hydroxylation sites is 2. The summed E-state index contributed by atoms with van der Waals surface area (Å²) in [7, 11) is 0. The van der Waals surface area contributed by atoms with Crippen LogP contribution in [0.2, 0.25) is 0 Å². The van der Waals surface area contributed by atoms with Crippen molar-refractivity contribution in [1.82, 2.24) is 9.88 Å². The van der Waals surface area contributed by atoms with Gasteiger partial charge in [0.15, 0.2) is 5.58 Å². The molecule has 200 valence electrons. The second kappa shape index (κ2) is 11.1. The molecule has 2 saturated heterocycles. The molecule has 39 heavy (non-hydrogen) atoms. The van der Waals surface area contributed by atoms with Crippen molar-refractivity contribution in [3.8, 4) is 5.75 Å². The lowest BCUT2D eigenvalue weighted by Gasteiger charge is -2.39. The number of nitrogens with zero attached hydrogens (tertiary/aromatic N) is 2. The van der Waals surface area contributed by atoms with Gasteiger partial charge in [-0.15, -0.1) is 0 Å². The van der Waals surface area contributed by atoms with Crippen LogP contribution in [0.5, 0.6) is 5.75 Å². The van der Waals surface area contributed by atoms with E-state index < -0.39 is 0 Å². The molecule has 0 radical (unpaired) electrons. The van der Waals surface area contributed by atoms with Gasteiger partial charge in [-0.3, -0.25) is 4.79 Å². The molecule has 3 heterocycles. The minimum Gasteiger partial charge on any atom is -0.490 e. The van der Waals surface area contributed by atoms with Crippen LogP contribution in [0.1, 0.15) is 58.9 Å². The Kier molecular flexibility index (Phi) is 7.28. The molecule has 2 atom stereocenters. The van der Waals surface area contributed by atoms with E-state index in [1.54, 1.807) is 30.8 Å². The lowest BCUT2D eigenvalue weighted by molar-refractivity contribution is 0.0359. The van der Waals surface area contributed by atoms with E-state index >= 15 is 0 Å². The van der Waals surface area contributed by atoms with E-state index in [1.807, 2.05) is 60.7 Å².